The average Bonchev–Trinajstić information content (AvgIpc) is 2.68. The molecule has 0 bridgehead atoms. The second kappa shape index (κ2) is 4.26. The van der Waals surface area contributed by atoms with Crippen LogP contribution in [0.15, 0.2) is 29.0 Å². The van der Waals surface area contributed by atoms with Gasteiger partial charge in [-0.25, -0.2) is 9.37 Å². The van der Waals surface area contributed by atoms with Gasteiger partial charge in [0.05, 0.1) is 5.69 Å². The van der Waals surface area contributed by atoms with Crippen LogP contribution in [-0.4, -0.2) is 9.55 Å². The van der Waals surface area contributed by atoms with Crippen molar-refractivity contribution in [1.29, 1.82) is 0 Å². The van der Waals surface area contributed by atoms with Crippen LogP contribution in [0.3, 0.4) is 0 Å². The summed E-state index contributed by atoms with van der Waals surface area (Å²) in [4.78, 5) is 4.52. The molecule has 1 aliphatic heterocycles. The highest BCUT2D eigenvalue weighted by atomic mass is 79.9. The lowest BCUT2D eigenvalue weighted by Gasteiger charge is -2.15. The normalized spacial score (nSPS) is 14.7. The third-order valence-electron chi connectivity index (χ3n) is 3.17. The van der Waals surface area contributed by atoms with Gasteiger partial charge in [0.25, 0.3) is 0 Å². The Morgan fingerprint density at radius 2 is 2.18 bits per heavy atom. The number of fused-ring (bicyclic) bond motifs is 1. The lowest BCUT2D eigenvalue weighted by molar-refractivity contribution is 0.525. The van der Waals surface area contributed by atoms with Gasteiger partial charge in [0, 0.05) is 17.8 Å². The Kier molecular flexibility index (Phi) is 2.74. The molecule has 0 atom stereocenters. The van der Waals surface area contributed by atoms with E-state index in [0.29, 0.717) is 0 Å². The average molecular weight is 295 g/mol. The van der Waals surface area contributed by atoms with Gasteiger partial charge in [0.2, 0.25) is 0 Å². The van der Waals surface area contributed by atoms with Gasteiger partial charge in [-0.15, -0.1) is 0 Å². The van der Waals surface area contributed by atoms with E-state index in [1.807, 2.05) is 6.07 Å². The van der Waals surface area contributed by atoms with Gasteiger partial charge in [-0.05, 0) is 47.3 Å². The van der Waals surface area contributed by atoms with E-state index in [1.165, 1.54) is 24.6 Å². The second-order valence-corrected chi connectivity index (χ2v) is 5.00. The molecule has 1 aromatic heterocycles. The largest absolute Gasteiger partial charge is 0.322 e. The number of hydrogen-bond donors (Lipinski definition) is 0. The zero-order valence-corrected chi connectivity index (χ0v) is 10.9. The van der Waals surface area contributed by atoms with Crippen LogP contribution >= 0.6 is 15.9 Å². The molecule has 0 saturated carbocycles. The van der Waals surface area contributed by atoms with Gasteiger partial charge < -0.3 is 4.57 Å². The summed E-state index contributed by atoms with van der Waals surface area (Å²) in [6.07, 6.45) is 3.38. The topological polar surface area (TPSA) is 17.8 Å². The summed E-state index contributed by atoms with van der Waals surface area (Å²) in [6.45, 7) is 0.998. The molecule has 0 radical (unpaired) electrons. The van der Waals surface area contributed by atoms with Crippen molar-refractivity contribution < 1.29 is 4.39 Å². The third kappa shape index (κ3) is 1.90. The minimum Gasteiger partial charge on any atom is -0.322 e. The van der Waals surface area contributed by atoms with Crippen molar-refractivity contribution in [2.75, 3.05) is 0 Å². The third-order valence-corrected chi connectivity index (χ3v) is 3.77. The molecule has 17 heavy (non-hydrogen) atoms. The Morgan fingerprint density at radius 3 is 3.00 bits per heavy atom. The molecule has 0 aliphatic carbocycles. The van der Waals surface area contributed by atoms with E-state index in [4.69, 9.17) is 0 Å². The van der Waals surface area contributed by atoms with E-state index in [1.54, 1.807) is 12.1 Å². The Morgan fingerprint density at radius 1 is 1.29 bits per heavy atom. The smallest absolute Gasteiger partial charge is 0.177 e. The van der Waals surface area contributed by atoms with Crippen LogP contribution in [0.4, 0.5) is 4.39 Å². The zero-order chi connectivity index (χ0) is 11.8. The first-order valence-electron chi connectivity index (χ1n) is 5.76. The Balaban J connectivity index is 2.15. The molecule has 2 heterocycles. The molecule has 1 aromatic carbocycles. The van der Waals surface area contributed by atoms with E-state index in [-0.39, 0.29) is 5.82 Å². The standard InChI is InChI=1S/C13H12BrFN2/c14-13-16-12(9-4-3-5-10(15)8-9)11-6-1-2-7-17(11)13/h3-5,8H,1-2,6-7H2. The molecule has 3 rings (SSSR count). The summed E-state index contributed by atoms with van der Waals surface area (Å²) in [7, 11) is 0. The summed E-state index contributed by atoms with van der Waals surface area (Å²) in [5.74, 6) is -0.212. The van der Waals surface area contributed by atoms with Crippen molar-refractivity contribution in [2.24, 2.45) is 0 Å². The maximum absolute atomic E-state index is 13.2. The summed E-state index contributed by atoms with van der Waals surface area (Å²) >= 11 is 3.48. The lowest BCUT2D eigenvalue weighted by Crippen LogP contribution is -2.10. The van der Waals surface area contributed by atoms with E-state index in [0.717, 1.165) is 29.0 Å². The molecule has 2 nitrogen and oxygen atoms in total. The molecule has 4 heteroatoms. The molecule has 0 amide bonds. The minimum atomic E-state index is -0.212. The zero-order valence-electron chi connectivity index (χ0n) is 9.29. The van der Waals surface area contributed by atoms with Crippen molar-refractivity contribution in [3.63, 3.8) is 0 Å². The molecular formula is C13H12BrFN2. The molecule has 0 unspecified atom stereocenters. The van der Waals surface area contributed by atoms with Gasteiger partial charge in [-0.1, -0.05) is 12.1 Å². The van der Waals surface area contributed by atoms with E-state index >= 15 is 0 Å². The van der Waals surface area contributed by atoms with E-state index in [9.17, 15) is 4.39 Å². The summed E-state index contributed by atoms with van der Waals surface area (Å²) in [5.41, 5.74) is 2.99. The maximum Gasteiger partial charge on any atom is 0.177 e. The molecule has 0 fully saturated rings. The van der Waals surface area contributed by atoms with Crippen LogP contribution in [0.5, 0.6) is 0 Å². The monoisotopic (exact) mass is 294 g/mol. The van der Waals surface area contributed by atoms with Crippen molar-refractivity contribution in [2.45, 2.75) is 25.8 Å². The van der Waals surface area contributed by atoms with Crippen molar-refractivity contribution in [3.05, 3.63) is 40.5 Å². The van der Waals surface area contributed by atoms with Crippen molar-refractivity contribution >= 4 is 15.9 Å². The van der Waals surface area contributed by atoms with Crippen LogP contribution < -0.4 is 0 Å². The first-order valence-corrected chi connectivity index (χ1v) is 6.56. The molecular weight excluding hydrogens is 283 g/mol. The molecule has 1 aliphatic rings. The van der Waals surface area contributed by atoms with Gasteiger partial charge in [-0.2, -0.15) is 0 Å². The summed E-state index contributed by atoms with van der Waals surface area (Å²) in [6, 6.07) is 6.64. The number of aromatic nitrogens is 2. The fourth-order valence-corrected chi connectivity index (χ4v) is 2.93. The van der Waals surface area contributed by atoms with Gasteiger partial charge in [0.1, 0.15) is 5.82 Å². The number of halogens is 2. The highest BCUT2D eigenvalue weighted by Crippen LogP contribution is 2.31. The molecule has 0 N–H and O–H groups in total. The highest BCUT2D eigenvalue weighted by molar-refractivity contribution is 9.10. The Bertz CT molecular complexity index is 563. The molecule has 0 saturated heterocycles. The van der Waals surface area contributed by atoms with E-state index < -0.39 is 0 Å². The fraction of sp³-hybridized carbons (Fsp3) is 0.308. The van der Waals surface area contributed by atoms with Crippen LogP contribution in [0.2, 0.25) is 0 Å². The molecule has 2 aromatic rings. The summed E-state index contributed by atoms with van der Waals surface area (Å²) < 4.78 is 16.3. The fourth-order valence-electron chi connectivity index (χ4n) is 2.37. The SMILES string of the molecule is Fc1cccc(-c2nc(Br)n3c2CCCC3)c1. The van der Waals surface area contributed by atoms with Crippen LogP contribution in [0.25, 0.3) is 11.3 Å². The van der Waals surface area contributed by atoms with Crippen LogP contribution in [0.1, 0.15) is 18.5 Å². The predicted molar refractivity (Wildman–Crippen MR) is 68.3 cm³/mol. The van der Waals surface area contributed by atoms with Crippen LogP contribution in [-0.2, 0) is 13.0 Å². The number of nitrogens with zero attached hydrogens (tertiary/aromatic N) is 2. The maximum atomic E-state index is 13.2. The Labute approximate surface area is 108 Å². The molecule has 88 valence electrons. The highest BCUT2D eigenvalue weighted by Gasteiger charge is 2.19. The number of benzene rings is 1. The number of hydrogen-bond acceptors (Lipinski definition) is 1. The van der Waals surface area contributed by atoms with Gasteiger partial charge in [0.15, 0.2) is 4.73 Å². The first-order chi connectivity index (χ1) is 8.25. The van der Waals surface area contributed by atoms with Crippen LogP contribution in [0, 0.1) is 5.82 Å². The quantitative estimate of drug-likeness (QED) is 0.782. The van der Waals surface area contributed by atoms with E-state index in [2.05, 4.69) is 25.5 Å². The minimum absolute atomic E-state index is 0.212. The van der Waals surface area contributed by atoms with Gasteiger partial charge >= 0.3 is 0 Å². The van der Waals surface area contributed by atoms with Crippen molar-refractivity contribution in [1.82, 2.24) is 9.55 Å². The van der Waals surface area contributed by atoms with Gasteiger partial charge in [-0.3, -0.25) is 0 Å². The number of imidazole rings is 1. The molecule has 0 spiro atoms. The predicted octanol–water partition coefficient (Wildman–Crippen LogP) is 3.79. The van der Waals surface area contributed by atoms with Crippen molar-refractivity contribution in [3.8, 4) is 11.3 Å². The Hall–Kier alpha value is -1.16. The second-order valence-electron chi connectivity index (χ2n) is 4.30. The lowest BCUT2D eigenvalue weighted by atomic mass is 10.0. The first kappa shape index (κ1) is 11.0. The summed E-state index contributed by atoms with van der Waals surface area (Å²) in [5, 5.41) is 0. The number of rotatable bonds is 1.